The molecule has 0 aliphatic rings. The zero-order valence-electron chi connectivity index (χ0n) is 11.2. The van der Waals surface area contributed by atoms with Crippen molar-refractivity contribution < 1.29 is 10.0 Å². The Morgan fingerprint density at radius 2 is 2.25 bits per heavy atom. The van der Waals surface area contributed by atoms with Gasteiger partial charge < -0.3 is 9.67 Å². The van der Waals surface area contributed by atoms with Gasteiger partial charge in [-0.3, -0.25) is 10.1 Å². The van der Waals surface area contributed by atoms with Gasteiger partial charge in [-0.15, -0.1) is 0 Å². The molecule has 0 fully saturated rings. The normalized spacial score (nSPS) is 10.8. The molecule has 0 aliphatic heterocycles. The van der Waals surface area contributed by atoms with Crippen molar-refractivity contribution in [2.75, 3.05) is 0 Å². The highest BCUT2D eigenvalue weighted by Gasteiger charge is 2.14. The summed E-state index contributed by atoms with van der Waals surface area (Å²) in [7, 11) is 1.83. The maximum Gasteiger partial charge on any atom is 0.272 e. The van der Waals surface area contributed by atoms with Crippen molar-refractivity contribution in [1.29, 1.82) is 0 Å². The number of rotatable bonds is 5. The van der Waals surface area contributed by atoms with Gasteiger partial charge in [0.05, 0.1) is 23.4 Å². The third kappa shape index (κ3) is 2.83. The van der Waals surface area contributed by atoms with Crippen LogP contribution in [0.15, 0.2) is 29.6 Å². The Hall–Kier alpha value is -1.86. The molecule has 0 spiro atoms. The molecule has 0 atom stereocenters. The van der Waals surface area contributed by atoms with Crippen LogP contribution in [0, 0.1) is 17.0 Å². The van der Waals surface area contributed by atoms with E-state index in [9.17, 15) is 10.1 Å². The third-order valence-corrected chi connectivity index (χ3v) is 4.27. The first-order chi connectivity index (χ1) is 9.54. The number of benzene rings is 1. The average Bonchev–Trinajstić information content (AvgIpc) is 2.78. The zero-order valence-corrected chi connectivity index (χ0v) is 12.1. The van der Waals surface area contributed by atoms with Gasteiger partial charge >= 0.3 is 0 Å². The van der Waals surface area contributed by atoms with Gasteiger partial charge in [0.15, 0.2) is 5.16 Å². The summed E-state index contributed by atoms with van der Waals surface area (Å²) in [5.74, 6) is 0.600. The number of aliphatic hydroxyl groups is 1. The maximum atomic E-state index is 10.9. The standard InChI is InChI=1S/C13H15N3O3S/c1-9-10(4-3-5-12(9)16(18)19)8-20-13-14-6-11(7-17)15(13)2/h3-6,17H,7-8H2,1-2H3. The number of thioether (sulfide) groups is 1. The SMILES string of the molecule is Cc1c(CSc2ncc(CO)n2C)cccc1[N+](=O)[O-]. The van der Waals surface area contributed by atoms with Crippen LogP contribution < -0.4 is 0 Å². The van der Waals surface area contributed by atoms with Crippen LogP contribution in [0.1, 0.15) is 16.8 Å². The van der Waals surface area contributed by atoms with Crippen molar-refractivity contribution in [1.82, 2.24) is 9.55 Å². The highest BCUT2D eigenvalue weighted by atomic mass is 32.2. The molecular weight excluding hydrogens is 278 g/mol. The van der Waals surface area contributed by atoms with Crippen LogP contribution in [0.2, 0.25) is 0 Å². The van der Waals surface area contributed by atoms with E-state index in [4.69, 9.17) is 5.11 Å². The van der Waals surface area contributed by atoms with Gasteiger partial charge in [-0.25, -0.2) is 4.98 Å². The van der Waals surface area contributed by atoms with Gasteiger partial charge in [-0.2, -0.15) is 0 Å². The molecule has 6 nitrogen and oxygen atoms in total. The minimum atomic E-state index is -0.367. The van der Waals surface area contributed by atoms with Crippen LogP contribution in [0.25, 0.3) is 0 Å². The Bertz CT molecular complexity index is 640. The van der Waals surface area contributed by atoms with Gasteiger partial charge in [0.2, 0.25) is 0 Å². The van der Waals surface area contributed by atoms with Gasteiger partial charge in [0.1, 0.15) is 0 Å². The summed E-state index contributed by atoms with van der Waals surface area (Å²) >= 11 is 1.49. The van der Waals surface area contributed by atoms with E-state index in [0.717, 1.165) is 16.4 Å². The minimum absolute atomic E-state index is 0.0557. The molecule has 2 aromatic rings. The summed E-state index contributed by atoms with van der Waals surface area (Å²) < 4.78 is 1.82. The quantitative estimate of drug-likeness (QED) is 0.520. The Labute approximate surface area is 120 Å². The molecule has 0 saturated carbocycles. The van der Waals surface area contributed by atoms with Gasteiger partial charge in [0, 0.05) is 24.4 Å². The first-order valence-electron chi connectivity index (χ1n) is 6.01. The first kappa shape index (κ1) is 14.5. The number of nitro groups is 1. The fraction of sp³-hybridized carbons (Fsp3) is 0.308. The number of hydrogen-bond acceptors (Lipinski definition) is 5. The molecule has 20 heavy (non-hydrogen) atoms. The average molecular weight is 293 g/mol. The fourth-order valence-electron chi connectivity index (χ4n) is 1.87. The van der Waals surface area contributed by atoms with Gasteiger partial charge in [-0.1, -0.05) is 23.9 Å². The number of aromatic nitrogens is 2. The van der Waals surface area contributed by atoms with Gasteiger partial charge in [0.25, 0.3) is 5.69 Å². The lowest BCUT2D eigenvalue weighted by molar-refractivity contribution is -0.385. The predicted octanol–water partition coefficient (Wildman–Crippen LogP) is 2.42. The van der Waals surface area contributed by atoms with Crippen LogP contribution in [-0.4, -0.2) is 19.6 Å². The van der Waals surface area contributed by atoms with Crippen molar-refractivity contribution in [2.24, 2.45) is 7.05 Å². The second kappa shape index (κ2) is 6.06. The van der Waals surface area contributed by atoms with Crippen LogP contribution in [0.3, 0.4) is 0 Å². The van der Waals surface area contributed by atoms with Crippen molar-refractivity contribution in [3.63, 3.8) is 0 Å². The number of hydrogen-bond donors (Lipinski definition) is 1. The van der Waals surface area contributed by atoms with E-state index < -0.39 is 0 Å². The lowest BCUT2D eigenvalue weighted by atomic mass is 10.1. The van der Waals surface area contributed by atoms with Crippen LogP contribution in [0.4, 0.5) is 5.69 Å². The summed E-state index contributed by atoms with van der Waals surface area (Å²) in [5, 5.41) is 20.8. The highest BCUT2D eigenvalue weighted by Crippen LogP contribution is 2.27. The Morgan fingerprint density at radius 3 is 2.85 bits per heavy atom. The molecule has 1 aromatic carbocycles. The summed E-state index contributed by atoms with van der Waals surface area (Å²) in [6.45, 7) is 1.70. The molecule has 2 rings (SSSR count). The van der Waals surface area contributed by atoms with E-state index in [2.05, 4.69) is 4.98 Å². The van der Waals surface area contributed by atoms with Crippen LogP contribution in [0.5, 0.6) is 0 Å². The number of imidazole rings is 1. The molecule has 1 N–H and O–H groups in total. The lowest BCUT2D eigenvalue weighted by Gasteiger charge is -2.07. The minimum Gasteiger partial charge on any atom is -0.390 e. The molecule has 7 heteroatoms. The largest absolute Gasteiger partial charge is 0.390 e. The molecule has 0 radical (unpaired) electrons. The topological polar surface area (TPSA) is 81.2 Å². The second-order valence-corrected chi connectivity index (χ2v) is 5.30. The molecule has 1 aromatic heterocycles. The molecule has 0 saturated heterocycles. The molecular formula is C13H15N3O3S. The van der Waals surface area contributed by atoms with E-state index in [0.29, 0.717) is 11.3 Å². The number of nitrogens with zero attached hydrogens (tertiary/aromatic N) is 3. The van der Waals surface area contributed by atoms with Crippen molar-refractivity contribution in [2.45, 2.75) is 24.4 Å². The predicted molar refractivity (Wildman–Crippen MR) is 76.5 cm³/mol. The van der Waals surface area contributed by atoms with Crippen molar-refractivity contribution >= 4 is 17.4 Å². The summed E-state index contributed by atoms with van der Waals surface area (Å²) in [6, 6.07) is 5.08. The van der Waals surface area contributed by atoms with E-state index in [1.807, 2.05) is 17.7 Å². The Kier molecular flexibility index (Phi) is 4.41. The van der Waals surface area contributed by atoms with Crippen molar-refractivity contribution in [3.05, 3.63) is 51.3 Å². The number of nitro benzene ring substituents is 1. The summed E-state index contributed by atoms with van der Waals surface area (Å²) in [4.78, 5) is 14.8. The smallest absolute Gasteiger partial charge is 0.272 e. The Morgan fingerprint density at radius 1 is 1.50 bits per heavy atom. The molecule has 1 heterocycles. The van der Waals surface area contributed by atoms with E-state index >= 15 is 0 Å². The molecule has 0 amide bonds. The third-order valence-electron chi connectivity index (χ3n) is 3.17. The summed E-state index contributed by atoms with van der Waals surface area (Å²) in [5.41, 5.74) is 2.47. The van der Waals surface area contributed by atoms with Gasteiger partial charge in [-0.05, 0) is 12.5 Å². The Balaban J connectivity index is 2.17. The van der Waals surface area contributed by atoms with E-state index in [1.54, 1.807) is 19.2 Å². The van der Waals surface area contributed by atoms with E-state index in [-0.39, 0.29) is 17.2 Å². The molecule has 0 unspecified atom stereocenters. The number of aliphatic hydroxyl groups excluding tert-OH is 1. The zero-order chi connectivity index (χ0) is 14.7. The monoisotopic (exact) mass is 293 g/mol. The van der Waals surface area contributed by atoms with Crippen LogP contribution in [-0.2, 0) is 19.4 Å². The highest BCUT2D eigenvalue weighted by molar-refractivity contribution is 7.98. The molecule has 106 valence electrons. The lowest BCUT2D eigenvalue weighted by Crippen LogP contribution is -1.98. The van der Waals surface area contributed by atoms with Crippen molar-refractivity contribution in [3.8, 4) is 0 Å². The van der Waals surface area contributed by atoms with E-state index in [1.165, 1.54) is 17.8 Å². The first-order valence-corrected chi connectivity index (χ1v) is 7.00. The van der Waals surface area contributed by atoms with Crippen LogP contribution >= 0.6 is 11.8 Å². The fourth-order valence-corrected chi connectivity index (χ4v) is 2.91. The molecule has 0 bridgehead atoms. The summed E-state index contributed by atoms with van der Waals surface area (Å²) in [6.07, 6.45) is 1.63. The molecule has 0 aliphatic carbocycles. The maximum absolute atomic E-state index is 10.9. The second-order valence-electron chi connectivity index (χ2n) is 4.36.